The Hall–Kier alpha value is -1.54. The maximum absolute atomic E-state index is 11.8. The molecular weight excluding hydrogens is 270 g/mol. The van der Waals surface area contributed by atoms with Crippen molar-refractivity contribution in [1.82, 2.24) is 10.3 Å². The summed E-state index contributed by atoms with van der Waals surface area (Å²) in [5.41, 5.74) is 4.37. The number of carboxylic acids is 1. The lowest BCUT2D eigenvalue weighted by atomic mass is 9.98. The number of oxazole rings is 1. The van der Waals surface area contributed by atoms with Crippen molar-refractivity contribution >= 4 is 24.5 Å². The molecule has 0 spiro atoms. The first-order chi connectivity index (χ1) is 8.66. The third kappa shape index (κ3) is 3.48. The number of carboxylic acid groups (broad SMARTS) is 1. The van der Waals surface area contributed by atoms with Crippen molar-refractivity contribution < 1.29 is 19.1 Å². The number of carbonyl (C=O) groups is 2. The number of hydrogen-bond acceptors (Lipinski definition) is 6. The van der Waals surface area contributed by atoms with Crippen LogP contribution in [-0.2, 0) is 16.1 Å². The van der Waals surface area contributed by atoms with Gasteiger partial charge in [0.25, 0.3) is 0 Å². The predicted molar refractivity (Wildman–Crippen MR) is 70.8 cm³/mol. The number of aryl methyl sites for hydroxylation is 2. The summed E-state index contributed by atoms with van der Waals surface area (Å²) in [4.78, 5) is 26.8. The molecule has 4 N–H and O–H groups in total. The van der Waals surface area contributed by atoms with Gasteiger partial charge in [-0.3, -0.25) is 9.59 Å². The van der Waals surface area contributed by atoms with Crippen LogP contribution >= 0.6 is 12.6 Å². The van der Waals surface area contributed by atoms with E-state index >= 15 is 0 Å². The molecule has 1 aromatic heterocycles. The van der Waals surface area contributed by atoms with Gasteiger partial charge in [-0.2, -0.15) is 12.6 Å². The second-order valence-corrected chi connectivity index (χ2v) is 4.96. The monoisotopic (exact) mass is 287 g/mol. The molecule has 0 saturated carbocycles. The van der Waals surface area contributed by atoms with Gasteiger partial charge in [0.15, 0.2) is 5.89 Å². The lowest BCUT2D eigenvalue weighted by Crippen LogP contribution is -2.57. The second-order valence-electron chi connectivity index (χ2n) is 4.44. The molecule has 0 bridgehead atoms. The highest BCUT2D eigenvalue weighted by Crippen LogP contribution is 2.14. The Morgan fingerprint density at radius 3 is 2.58 bits per heavy atom. The molecular formula is C11H17N3O4S. The molecule has 1 amide bonds. The van der Waals surface area contributed by atoms with E-state index in [2.05, 4.69) is 22.9 Å². The first-order valence-corrected chi connectivity index (χ1v) is 6.09. The number of hydrogen-bond donors (Lipinski definition) is 4. The van der Waals surface area contributed by atoms with Crippen molar-refractivity contribution in [2.45, 2.75) is 38.1 Å². The van der Waals surface area contributed by atoms with Crippen LogP contribution in [0.2, 0.25) is 0 Å². The van der Waals surface area contributed by atoms with Crippen molar-refractivity contribution in [3.8, 4) is 0 Å². The first kappa shape index (κ1) is 15.5. The minimum absolute atomic E-state index is 0.134. The van der Waals surface area contributed by atoms with E-state index in [0.717, 1.165) is 0 Å². The molecule has 0 aromatic carbocycles. The summed E-state index contributed by atoms with van der Waals surface area (Å²) >= 11 is 3.96. The lowest BCUT2D eigenvalue weighted by Gasteiger charge is -2.25. The van der Waals surface area contributed by atoms with E-state index in [4.69, 9.17) is 15.3 Å². The predicted octanol–water partition coefficient (Wildman–Crippen LogP) is 0.00804. The number of carbonyl (C=O) groups excluding carboxylic acids is 1. The highest BCUT2D eigenvalue weighted by Gasteiger charge is 2.40. The second kappa shape index (κ2) is 5.62. The summed E-state index contributed by atoms with van der Waals surface area (Å²) in [7, 11) is 0. The molecule has 1 rings (SSSR count). The molecule has 0 fully saturated rings. The van der Waals surface area contributed by atoms with Crippen LogP contribution in [-0.4, -0.2) is 32.8 Å². The van der Waals surface area contributed by atoms with Crippen LogP contribution in [0, 0.1) is 13.8 Å². The molecule has 106 valence electrons. The topological polar surface area (TPSA) is 118 Å². The summed E-state index contributed by atoms with van der Waals surface area (Å²) in [6.07, 6.45) is 0. The SMILES string of the molecule is Cc1nc(CNC(=O)C(S)C(C)(N)C(=O)O)c(C)o1. The van der Waals surface area contributed by atoms with Gasteiger partial charge < -0.3 is 20.6 Å². The van der Waals surface area contributed by atoms with Crippen LogP contribution in [0.5, 0.6) is 0 Å². The summed E-state index contributed by atoms with van der Waals surface area (Å²) in [6, 6.07) is 0. The third-order valence-electron chi connectivity index (χ3n) is 2.71. The number of aromatic nitrogens is 1. The average molecular weight is 287 g/mol. The number of thiol groups is 1. The van der Waals surface area contributed by atoms with Gasteiger partial charge in [-0.25, -0.2) is 4.98 Å². The molecule has 19 heavy (non-hydrogen) atoms. The maximum atomic E-state index is 11.8. The largest absolute Gasteiger partial charge is 0.480 e. The molecule has 8 heteroatoms. The molecule has 0 radical (unpaired) electrons. The van der Waals surface area contributed by atoms with Crippen LogP contribution in [0.3, 0.4) is 0 Å². The van der Waals surface area contributed by atoms with E-state index < -0.39 is 22.7 Å². The molecule has 0 aliphatic rings. The summed E-state index contributed by atoms with van der Waals surface area (Å²) < 4.78 is 5.21. The Morgan fingerprint density at radius 1 is 1.58 bits per heavy atom. The highest BCUT2D eigenvalue weighted by atomic mass is 32.1. The summed E-state index contributed by atoms with van der Waals surface area (Å²) in [5.74, 6) is -0.771. The van der Waals surface area contributed by atoms with Crippen molar-refractivity contribution in [2.24, 2.45) is 5.73 Å². The zero-order valence-corrected chi connectivity index (χ0v) is 11.8. The van der Waals surface area contributed by atoms with Gasteiger partial charge in [0.05, 0.1) is 6.54 Å². The minimum Gasteiger partial charge on any atom is -0.480 e. The van der Waals surface area contributed by atoms with Crippen LogP contribution in [0.25, 0.3) is 0 Å². The van der Waals surface area contributed by atoms with Gasteiger partial charge >= 0.3 is 5.97 Å². The molecule has 2 unspecified atom stereocenters. The lowest BCUT2D eigenvalue weighted by molar-refractivity contribution is -0.144. The van der Waals surface area contributed by atoms with Crippen LogP contribution < -0.4 is 11.1 Å². The molecule has 1 heterocycles. The van der Waals surface area contributed by atoms with E-state index in [1.807, 2.05) is 0 Å². The van der Waals surface area contributed by atoms with Gasteiger partial charge in [0, 0.05) is 6.92 Å². The Labute approximate surface area is 116 Å². The average Bonchev–Trinajstić information content (AvgIpc) is 2.63. The zero-order valence-electron chi connectivity index (χ0n) is 10.9. The summed E-state index contributed by atoms with van der Waals surface area (Å²) in [6.45, 7) is 4.79. The molecule has 0 saturated heterocycles. The number of amides is 1. The summed E-state index contributed by atoms with van der Waals surface area (Å²) in [5, 5.41) is 10.3. The van der Waals surface area contributed by atoms with Gasteiger partial charge in [-0.15, -0.1) is 0 Å². The number of nitrogens with two attached hydrogens (primary N) is 1. The minimum atomic E-state index is -1.75. The highest BCUT2D eigenvalue weighted by molar-refractivity contribution is 7.82. The van der Waals surface area contributed by atoms with Gasteiger partial charge in [0.1, 0.15) is 22.2 Å². The fourth-order valence-electron chi connectivity index (χ4n) is 1.39. The Balaban J connectivity index is 2.66. The zero-order chi connectivity index (χ0) is 14.8. The van der Waals surface area contributed by atoms with E-state index in [1.54, 1.807) is 13.8 Å². The standard InChI is InChI=1S/C11H17N3O4S/c1-5-7(14-6(2)18-5)4-13-9(15)8(19)11(3,12)10(16)17/h8,19H,4,12H2,1-3H3,(H,13,15)(H,16,17). The third-order valence-corrected chi connectivity index (χ3v) is 3.48. The smallest absolute Gasteiger partial charge is 0.325 e. The number of rotatable bonds is 5. The molecule has 0 aliphatic heterocycles. The molecule has 7 nitrogen and oxygen atoms in total. The van der Waals surface area contributed by atoms with Gasteiger partial charge in [-0.1, -0.05) is 0 Å². The van der Waals surface area contributed by atoms with E-state index in [0.29, 0.717) is 17.3 Å². The van der Waals surface area contributed by atoms with Gasteiger partial charge in [-0.05, 0) is 13.8 Å². The first-order valence-electron chi connectivity index (χ1n) is 5.57. The fraction of sp³-hybridized carbons (Fsp3) is 0.545. The number of nitrogens with one attached hydrogen (secondary N) is 1. The van der Waals surface area contributed by atoms with E-state index in [-0.39, 0.29) is 6.54 Å². The van der Waals surface area contributed by atoms with Crippen molar-refractivity contribution in [2.75, 3.05) is 0 Å². The Bertz CT molecular complexity index is 498. The van der Waals surface area contributed by atoms with Crippen LogP contribution in [0.1, 0.15) is 24.3 Å². The van der Waals surface area contributed by atoms with E-state index in [9.17, 15) is 9.59 Å². The normalized spacial score (nSPS) is 15.6. The fourth-order valence-corrected chi connectivity index (χ4v) is 1.59. The number of nitrogens with zero attached hydrogens (tertiary/aromatic N) is 1. The molecule has 0 aliphatic carbocycles. The van der Waals surface area contributed by atoms with Crippen molar-refractivity contribution in [3.63, 3.8) is 0 Å². The number of aliphatic carboxylic acids is 1. The Morgan fingerprint density at radius 2 is 2.16 bits per heavy atom. The maximum Gasteiger partial charge on any atom is 0.325 e. The quantitative estimate of drug-likeness (QED) is 0.566. The molecule has 2 atom stereocenters. The van der Waals surface area contributed by atoms with Crippen LogP contribution in [0.4, 0.5) is 0 Å². The van der Waals surface area contributed by atoms with E-state index in [1.165, 1.54) is 6.92 Å². The Kier molecular flexibility index (Phi) is 4.59. The molecule has 1 aromatic rings. The van der Waals surface area contributed by atoms with Gasteiger partial charge in [0.2, 0.25) is 5.91 Å². The van der Waals surface area contributed by atoms with Crippen molar-refractivity contribution in [3.05, 3.63) is 17.3 Å². The van der Waals surface area contributed by atoms with Crippen LogP contribution in [0.15, 0.2) is 4.42 Å². The van der Waals surface area contributed by atoms with Crippen molar-refractivity contribution in [1.29, 1.82) is 0 Å².